The minimum atomic E-state index is -1.17. The van der Waals surface area contributed by atoms with E-state index in [9.17, 15) is 14.7 Å². The van der Waals surface area contributed by atoms with E-state index < -0.39 is 11.9 Å². The van der Waals surface area contributed by atoms with E-state index in [4.69, 9.17) is 5.11 Å². The Labute approximate surface area is 110 Å². The predicted octanol–water partition coefficient (Wildman–Crippen LogP) is 0.813. The summed E-state index contributed by atoms with van der Waals surface area (Å²) in [5.41, 5.74) is 0.0180. The summed E-state index contributed by atoms with van der Waals surface area (Å²) in [5, 5.41) is 21.2. The van der Waals surface area contributed by atoms with Gasteiger partial charge in [0.15, 0.2) is 0 Å². The summed E-state index contributed by atoms with van der Waals surface area (Å²) in [5.74, 6) is -1.57. The van der Waals surface area contributed by atoms with Crippen molar-refractivity contribution in [2.45, 2.75) is 37.8 Å². The first kappa shape index (κ1) is 13.5. The molecule has 102 valence electrons. The normalized spacial score (nSPS) is 22.8. The van der Waals surface area contributed by atoms with E-state index in [1.807, 2.05) is 0 Å². The van der Waals surface area contributed by atoms with Gasteiger partial charge in [0.2, 0.25) is 0 Å². The average Bonchev–Trinajstić information content (AvgIpc) is 2.41. The van der Waals surface area contributed by atoms with Crippen LogP contribution in [0.25, 0.3) is 0 Å². The van der Waals surface area contributed by atoms with Gasteiger partial charge in [0, 0.05) is 18.4 Å². The third-order valence-electron chi connectivity index (χ3n) is 3.33. The second kappa shape index (κ2) is 5.79. The van der Waals surface area contributed by atoms with Crippen molar-refractivity contribution in [3.8, 4) is 0 Å². The second-order valence-corrected chi connectivity index (χ2v) is 4.71. The molecule has 1 fully saturated rings. The number of nitrogens with one attached hydrogen (secondary N) is 1. The minimum absolute atomic E-state index is 0.00860. The maximum atomic E-state index is 12.1. The van der Waals surface area contributed by atoms with Crippen molar-refractivity contribution in [3.63, 3.8) is 0 Å². The van der Waals surface area contributed by atoms with Crippen LogP contribution in [0, 0.1) is 0 Å². The highest BCUT2D eigenvalue weighted by Gasteiger charge is 2.23. The number of rotatable bonds is 3. The summed E-state index contributed by atoms with van der Waals surface area (Å²) in [6.07, 6.45) is 5.01. The Bertz CT molecular complexity index is 481. The number of aliphatic hydroxyl groups is 1. The molecule has 0 spiro atoms. The highest BCUT2D eigenvalue weighted by molar-refractivity contribution is 6.04. The molecule has 2 rings (SSSR count). The number of pyridine rings is 1. The van der Waals surface area contributed by atoms with Gasteiger partial charge in [-0.1, -0.05) is 0 Å². The van der Waals surface area contributed by atoms with Crippen LogP contribution in [0.4, 0.5) is 0 Å². The van der Waals surface area contributed by atoms with Crippen molar-refractivity contribution >= 4 is 11.9 Å². The number of carbonyl (C=O) groups excluding carboxylic acids is 1. The third kappa shape index (κ3) is 3.29. The van der Waals surface area contributed by atoms with Gasteiger partial charge in [-0.25, -0.2) is 4.79 Å². The molecule has 0 radical (unpaired) electrons. The molecule has 0 saturated heterocycles. The van der Waals surface area contributed by atoms with Crippen LogP contribution in [0.15, 0.2) is 18.5 Å². The molecule has 1 aliphatic carbocycles. The van der Waals surface area contributed by atoms with Gasteiger partial charge in [-0.05, 0) is 31.7 Å². The first-order chi connectivity index (χ1) is 9.08. The fourth-order valence-corrected chi connectivity index (χ4v) is 2.25. The Morgan fingerprint density at radius 1 is 1.21 bits per heavy atom. The van der Waals surface area contributed by atoms with Crippen molar-refractivity contribution in [1.82, 2.24) is 10.3 Å². The third-order valence-corrected chi connectivity index (χ3v) is 3.33. The summed E-state index contributed by atoms with van der Waals surface area (Å²) >= 11 is 0. The van der Waals surface area contributed by atoms with Crippen LogP contribution < -0.4 is 5.32 Å². The number of aromatic carboxylic acids is 1. The predicted molar refractivity (Wildman–Crippen MR) is 66.9 cm³/mol. The molecule has 3 N–H and O–H groups in total. The molecule has 1 aliphatic rings. The van der Waals surface area contributed by atoms with Crippen molar-refractivity contribution in [2.24, 2.45) is 0 Å². The van der Waals surface area contributed by atoms with Crippen LogP contribution in [0.3, 0.4) is 0 Å². The molecule has 1 aromatic heterocycles. The molecule has 0 atom stereocenters. The number of hydrogen-bond acceptors (Lipinski definition) is 4. The fraction of sp³-hybridized carbons (Fsp3) is 0.462. The highest BCUT2D eigenvalue weighted by Crippen LogP contribution is 2.19. The zero-order valence-corrected chi connectivity index (χ0v) is 10.4. The van der Waals surface area contributed by atoms with Gasteiger partial charge in [-0.2, -0.15) is 0 Å². The molecule has 19 heavy (non-hydrogen) atoms. The molecule has 0 aliphatic heterocycles. The number of hydrogen-bond donors (Lipinski definition) is 3. The summed E-state index contributed by atoms with van der Waals surface area (Å²) in [7, 11) is 0. The molecule has 6 nitrogen and oxygen atoms in total. The Hall–Kier alpha value is -1.95. The van der Waals surface area contributed by atoms with Gasteiger partial charge in [0.1, 0.15) is 0 Å². The van der Waals surface area contributed by atoms with Gasteiger partial charge in [0.25, 0.3) is 5.91 Å². The van der Waals surface area contributed by atoms with Crippen LogP contribution in [0.1, 0.15) is 46.4 Å². The molecule has 1 saturated carbocycles. The molecule has 0 bridgehead atoms. The van der Waals surface area contributed by atoms with Crippen molar-refractivity contribution in [1.29, 1.82) is 0 Å². The molecule has 6 heteroatoms. The van der Waals surface area contributed by atoms with Gasteiger partial charge in [-0.15, -0.1) is 0 Å². The lowest BCUT2D eigenvalue weighted by Gasteiger charge is -2.26. The average molecular weight is 264 g/mol. The number of carboxylic acid groups (broad SMARTS) is 1. The number of nitrogens with zero attached hydrogens (tertiary/aromatic N) is 1. The van der Waals surface area contributed by atoms with E-state index in [1.54, 1.807) is 0 Å². The molecule has 1 amide bonds. The number of carboxylic acids is 1. The fourth-order valence-electron chi connectivity index (χ4n) is 2.25. The standard InChI is InChI=1S/C13H16N2O4/c16-9-3-1-8(2-4-9)15-12(17)10-5-6-14-7-11(10)13(18)19/h5-9,16H,1-4H2,(H,15,17)(H,18,19). The first-order valence-corrected chi connectivity index (χ1v) is 6.24. The van der Waals surface area contributed by atoms with E-state index in [-0.39, 0.29) is 23.3 Å². The number of carbonyl (C=O) groups is 2. The van der Waals surface area contributed by atoms with E-state index in [2.05, 4.69) is 10.3 Å². The molecule has 0 unspecified atom stereocenters. The van der Waals surface area contributed by atoms with Crippen LogP contribution in [-0.4, -0.2) is 39.2 Å². The summed E-state index contributed by atoms with van der Waals surface area (Å²) in [4.78, 5) is 26.8. The lowest BCUT2D eigenvalue weighted by atomic mass is 9.93. The zero-order valence-electron chi connectivity index (χ0n) is 10.4. The first-order valence-electron chi connectivity index (χ1n) is 6.24. The summed E-state index contributed by atoms with van der Waals surface area (Å²) in [6, 6.07) is 1.39. The van der Waals surface area contributed by atoms with Gasteiger partial charge < -0.3 is 15.5 Å². The van der Waals surface area contributed by atoms with Crippen LogP contribution >= 0.6 is 0 Å². The topological polar surface area (TPSA) is 99.5 Å². The molecule has 1 aromatic rings. The Morgan fingerprint density at radius 3 is 2.53 bits per heavy atom. The lowest BCUT2D eigenvalue weighted by molar-refractivity contribution is 0.0689. The SMILES string of the molecule is O=C(O)c1cnccc1C(=O)NC1CCC(O)CC1. The van der Waals surface area contributed by atoms with E-state index in [1.165, 1.54) is 18.5 Å². The molecule has 1 heterocycles. The maximum absolute atomic E-state index is 12.1. The van der Waals surface area contributed by atoms with Gasteiger partial charge in [-0.3, -0.25) is 9.78 Å². The number of amides is 1. The van der Waals surface area contributed by atoms with Crippen LogP contribution in [-0.2, 0) is 0 Å². The Kier molecular flexibility index (Phi) is 4.11. The lowest BCUT2D eigenvalue weighted by Crippen LogP contribution is -2.39. The van der Waals surface area contributed by atoms with E-state index in [0.29, 0.717) is 25.7 Å². The molecular weight excluding hydrogens is 248 g/mol. The van der Waals surface area contributed by atoms with Crippen molar-refractivity contribution in [3.05, 3.63) is 29.6 Å². The maximum Gasteiger partial charge on any atom is 0.338 e. The van der Waals surface area contributed by atoms with Crippen LogP contribution in [0.2, 0.25) is 0 Å². The zero-order chi connectivity index (χ0) is 13.8. The highest BCUT2D eigenvalue weighted by atomic mass is 16.4. The number of aromatic nitrogens is 1. The summed E-state index contributed by atoms with van der Waals surface area (Å²) in [6.45, 7) is 0. The van der Waals surface area contributed by atoms with Crippen molar-refractivity contribution in [2.75, 3.05) is 0 Å². The largest absolute Gasteiger partial charge is 0.478 e. The monoisotopic (exact) mass is 264 g/mol. The van der Waals surface area contributed by atoms with Crippen molar-refractivity contribution < 1.29 is 19.8 Å². The smallest absolute Gasteiger partial charge is 0.338 e. The Balaban J connectivity index is 2.06. The molecule has 0 aromatic carbocycles. The van der Waals surface area contributed by atoms with Gasteiger partial charge in [0.05, 0.1) is 17.2 Å². The van der Waals surface area contributed by atoms with E-state index in [0.717, 1.165) is 0 Å². The summed E-state index contributed by atoms with van der Waals surface area (Å²) < 4.78 is 0. The Morgan fingerprint density at radius 2 is 1.89 bits per heavy atom. The molecular formula is C13H16N2O4. The minimum Gasteiger partial charge on any atom is -0.478 e. The van der Waals surface area contributed by atoms with Crippen LogP contribution in [0.5, 0.6) is 0 Å². The second-order valence-electron chi connectivity index (χ2n) is 4.71. The number of aliphatic hydroxyl groups excluding tert-OH is 1. The van der Waals surface area contributed by atoms with E-state index >= 15 is 0 Å². The quantitative estimate of drug-likeness (QED) is 0.750. The van der Waals surface area contributed by atoms with Gasteiger partial charge >= 0.3 is 5.97 Å².